The highest BCUT2D eigenvalue weighted by Gasteiger charge is 2.33. The summed E-state index contributed by atoms with van der Waals surface area (Å²) >= 11 is 0. The zero-order valence-electron chi connectivity index (χ0n) is 8.97. The lowest BCUT2D eigenvalue weighted by molar-refractivity contribution is -0.150. The highest BCUT2D eigenvalue weighted by Crippen LogP contribution is 2.26. The number of ether oxygens (including phenoxy) is 1. The van der Waals surface area contributed by atoms with Crippen molar-refractivity contribution in [3.8, 4) is 0 Å². The molecule has 0 bridgehead atoms. The molecule has 15 heavy (non-hydrogen) atoms. The van der Waals surface area contributed by atoms with Crippen LogP contribution in [0.4, 0.5) is 0 Å². The fourth-order valence-electron chi connectivity index (χ4n) is 1.87. The first-order chi connectivity index (χ1) is 7.06. The maximum Gasteiger partial charge on any atom is 0.316 e. The maximum atomic E-state index is 11.4. The van der Waals surface area contributed by atoms with Gasteiger partial charge in [0.05, 0.1) is 13.2 Å². The Bertz CT molecular complexity index is 282. The molecule has 3 atom stereocenters. The van der Waals surface area contributed by atoms with Gasteiger partial charge in [0.15, 0.2) is 0 Å². The molecule has 1 rings (SSSR count). The van der Waals surface area contributed by atoms with Gasteiger partial charge in [0.1, 0.15) is 11.7 Å². The van der Waals surface area contributed by atoms with Crippen LogP contribution in [0, 0.1) is 11.8 Å². The van der Waals surface area contributed by atoms with E-state index in [0.717, 1.165) is 0 Å². The molecular weight excluding hydrogens is 196 g/mol. The number of aliphatic hydroxyl groups is 1. The number of carbonyl (C=O) groups excluding carboxylic acids is 2. The molecule has 84 valence electrons. The molecule has 0 aromatic rings. The largest absolute Gasteiger partial charge is 0.468 e. The number of hydrogen-bond donors (Lipinski definition) is 1. The summed E-state index contributed by atoms with van der Waals surface area (Å²) < 4.78 is 4.60. The Kier molecular flexibility index (Phi) is 4.03. The van der Waals surface area contributed by atoms with Crippen LogP contribution < -0.4 is 0 Å². The van der Waals surface area contributed by atoms with Gasteiger partial charge in [0.25, 0.3) is 0 Å². The van der Waals surface area contributed by atoms with E-state index in [1.54, 1.807) is 12.2 Å². The van der Waals surface area contributed by atoms with Crippen LogP contribution in [0.5, 0.6) is 0 Å². The summed E-state index contributed by atoms with van der Waals surface area (Å²) in [6.07, 6.45) is 4.13. The third kappa shape index (κ3) is 2.89. The van der Waals surface area contributed by atoms with Gasteiger partial charge in [-0.25, -0.2) is 0 Å². The van der Waals surface area contributed by atoms with E-state index < -0.39 is 18.0 Å². The number of hydrogen-bond acceptors (Lipinski definition) is 4. The molecule has 0 saturated carbocycles. The van der Waals surface area contributed by atoms with E-state index in [2.05, 4.69) is 4.74 Å². The molecule has 1 N–H and O–H groups in total. The van der Waals surface area contributed by atoms with E-state index in [9.17, 15) is 14.7 Å². The van der Waals surface area contributed by atoms with Gasteiger partial charge in [-0.1, -0.05) is 12.2 Å². The highest BCUT2D eigenvalue weighted by atomic mass is 16.5. The summed E-state index contributed by atoms with van der Waals surface area (Å²) in [7, 11) is 1.28. The van der Waals surface area contributed by atoms with Gasteiger partial charge in [-0.05, 0) is 25.7 Å². The lowest BCUT2D eigenvalue weighted by Crippen LogP contribution is -2.32. The number of esters is 1. The van der Waals surface area contributed by atoms with Gasteiger partial charge in [0, 0.05) is 0 Å². The van der Waals surface area contributed by atoms with Crippen LogP contribution in [0.25, 0.3) is 0 Å². The normalized spacial score (nSPS) is 27.1. The fourth-order valence-corrected chi connectivity index (χ4v) is 1.87. The molecule has 4 nitrogen and oxygen atoms in total. The molecule has 0 saturated heterocycles. The monoisotopic (exact) mass is 212 g/mol. The van der Waals surface area contributed by atoms with Crippen molar-refractivity contribution in [3.05, 3.63) is 12.2 Å². The van der Waals surface area contributed by atoms with Crippen molar-refractivity contribution in [1.29, 1.82) is 0 Å². The quantitative estimate of drug-likeness (QED) is 0.425. The molecule has 0 radical (unpaired) electrons. The number of rotatable bonds is 3. The second-order valence-electron chi connectivity index (χ2n) is 3.80. The van der Waals surface area contributed by atoms with Gasteiger partial charge in [0.2, 0.25) is 0 Å². The second kappa shape index (κ2) is 5.07. The molecule has 0 spiro atoms. The van der Waals surface area contributed by atoms with Gasteiger partial charge < -0.3 is 9.84 Å². The lowest BCUT2D eigenvalue weighted by Gasteiger charge is -2.24. The van der Waals surface area contributed by atoms with Crippen LogP contribution in [0.1, 0.15) is 19.8 Å². The molecule has 0 fully saturated rings. The van der Waals surface area contributed by atoms with Crippen LogP contribution in [-0.4, -0.2) is 30.1 Å². The van der Waals surface area contributed by atoms with Crippen molar-refractivity contribution in [3.63, 3.8) is 0 Å². The smallest absolute Gasteiger partial charge is 0.316 e. The summed E-state index contributed by atoms with van der Waals surface area (Å²) in [6.45, 7) is 1.39. The Balaban J connectivity index is 2.77. The van der Waals surface area contributed by atoms with E-state index >= 15 is 0 Å². The van der Waals surface area contributed by atoms with E-state index in [1.807, 2.05) is 0 Å². The zero-order chi connectivity index (χ0) is 11.4. The van der Waals surface area contributed by atoms with Crippen molar-refractivity contribution >= 4 is 11.8 Å². The molecule has 4 heteroatoms. The van der Waals surface area contributed by atoms with Crippen LogP contribution >= 0.6 is 0 Å². The molecule has 1 unspecified atom stereocenters. The van der Waals surface area contributed by atoms with Crippen molar-refractivity contribution < 1.29 is 19.4 Å². The highest BCUT2D eigenvalue weighted by molar-refractivity contribution is 5.98. The fraction of sp³-hybridized carbons (Fsp3) is 0.636. The Morgan fingerprint density at radius 1 is 1.40 bits per heavy atom. The average molecular weight is 212 g/mol. The Morgan fingerprint density at radius 2 is 2.07 bits per heavy atom. The lowest BCUT2D eigenvalue weighted by atomic mass is 9.82. The van der Waals surface area contributed by atoms with Crippen LogP contribution in [-0.2, 0) is 14.3 Å². The van der Waals surface area contributed by atoms with Gasteiger partial charge in [-0.15, -0.1) is 0 Å². The molecule has 0 amide bonds. The standard InChI is InChI=1S/C11H16O4/c1-7(12)10(11(14)15-2)8-3-5-9(13)6-4-8/h3,5,8-10,13H,4,6H2,1-2H3/t8-,9+,10?/m0/s1. The van der Waals surface area contributed by atoms with Gasteiger partial charge in [-0.2, -0.15) is 0 Å². The number of carbonyl (C=O) groups is 2. The van der Waals surface area contributed by atoms with E-state index in [1.165, 1.54) is 14.0 Å². The minimum absolute atomic E-state index is 0.140. The SMILES string of the molecule is COC(=O)C(C(C)=O)[C@H]1C=C[C@@H](O)CC1. The minimum Gasteiger partial charge on any atom is -0.468 e. The molecule has 1 aliphatic rings. The minimum atomic E-state index is -0.723. The molecular formula is C11H16O4. The van der Waals surface area contributed by atoms with Crippen molar-refractivity contribution in [2.24, 2.45) is 11.8 Å². The average Bonchev–Trinajstić information content (AvgIpc) is 2.20. The van der Waals surface area contributed by atoms with Crippen molar-refractivity contribution in [2.45, 2.75) is 25.9 Å². The van der Waals surface area contributed by atoms with Crippen LogP contribution in [0.3, 0.4) is 0 Å². The first-order valence-corrected chi connectivity index (χ1v) is 5.01. The van der Waals surface area contributed by atoms with Crippen LogP contribution in [0.15, 0.2) is 12.2 Å². The predicted octanol–water partition coefficient (Wildman–Crippen LogP) is 0.692. The van der Waals surface area contributed by atoms with Gasteiger partial charge in [-0.3, -0.25) is 9.59 Å². The summed E-state index contributed by atoms with van der Waals surface area (Å²) in [4.78, 5) is 22.7. The second-order valence-corrected chi connectivity index (χ2v) is 3.80. The third-order valence-electron chi connectivity index (χ3n) is 2.70. The predicted molar refractivity (Wildman–Crippen MR) is 54.1 cm³/mol. The van der Waals surface area contributed by atoms with E-state index in [4.69, 9.17) is 0 Å². The van der Waals surface area contributed by atoms with E-state index in [-0.39, 0.29) is 11.7 Å². The summed E-state index contributed by atoms with van der Waals surface area (Å²) in [5, 5.41) is 9.26. The number of ketones is 1. The molecule has 0 heterocycles. The Hall–Kier alpha value is -1.16. The molecule has 0 aliphatic heterocycles. The maximum absolute atomic E-state index is 11.4. The van der Waals surface area contributed by atoms with Gasteiger partial charge >= 0.3 is 5.97 Å². The molecule has 0 aromatic carbocycles. The van der Waals surface area contributed by atoms with Crippen molar-refractivity contribution in [1.82, 2.24) is 0 Å². The number of Topliss-reactive ketones (excluding diaryl/α,β-unsaturated/α-hetero) is 1. The first kappa shape index (κ1) is 11.9. The van der Waals surface area contributed by atoms with Crippen LogP contribution in [0.2, 0.25) is 0 Å². The Labute approximate surface area is 88.9 Å². The number of allylic oxidation sites excluding steroid dienone is 1. The first-order valence-electron chi connectivity index (χ1n) is 5.01. The number of methoxy groups -OCH3 is 1. The summed E-state index contributed by atoms with van der Waals surface area (Å²) in [5.74, 6) is -1.54. The Morgan fingerprint density at radius 3 is 2.47 bits per heavy atom. The number of aliphatic hydroxyl groups excluding tert-OH is 1. The van der Waals surface area contributed by atoms with E-state index in [0.29, 0.717) is 12.8 Å². The third-order valence-corrected chi connectivity index (χ3v) is 2.70. The topological polar surface area (TPSA) is 63.6 Å². The molecule has 1 aliphatic carbocycles. The van der Waals surface area contributed by atoms with Crippen molar-refractivity contribution in [2.75, 3.05) is 7.11 Å². The summed E-state index contributed by atoms with van der Waals surface area (Å²) in [5.41, 5.74) is 0. The summed E-state index contributed by atoms with van der Waals surface area (Å²) in [6, 6.07) is 0. The molecule has 0 aromatic heterocycles. The zero-order valence-corrected chi connectivity index (χ0v) is 8.97.